The number of halogens is 2. The first kappa shape index (κ1) is 17.1. The number of carbonyl (C=O) groups excluding carboxylic acids is 1. The lowest BCUT2D eigenvalue weighted by Crippen LogP contribution is -2.24. The van der Waals surface area contributed by atoms with E-state index >= 15 is 0 Å². The van der Waals surface area contributed by atoms with Gasteiger partial charge in [0.15, 0.2) is 6.61 Å². The highest BCUT2D eigenvalue weighted by Gasteiger charge is 2.03. The summed E-state index contributed by atoms with van der Waals surface area (Å²) in [6, 6.07) is 10.2. The van der Waals surface area contributed by atoms with Gasteiger partial charge in [0.2, 0.25) is 0 Å². The van der Waals surface area contributed by atoms with Crippen LogP contribution in [0.2, 0.25) is 0 Å². The molecule has 4 nitrogen and oxygen atoms in total. The molecule has 0 atom stereocenters. The molecule has 0 aliphatic carbocycles. The highest BCUT2D eigenvalue weighted by molar-refractivity contribution is 9.10. The van der Waals surface area contributed by atoms with Crippen molar-refractivity contribution in [1.82, 2.24) is 5.43 Å². The molecule has 0 saturated heterocycles. The Bertz CT molecular complexity index is 727. The van der Waals surface area contributed by atoms with Gasteiger partial charge in [0.05, 0.1) is 6.21 Å². The van der Waals surface area contributed by atoms with E-state index < -0.39 is 11.7 Å². The first-order chi connectivity index (χ1) is 10.9. The molecule has 0 radical (unpaired) electrons. The first-order valence-corrected chi connectivity index (χ1v) is 7.71. The monoisotopic (exact) mass is 378 g/mol. The third-order valence-corrected chi connectivity index (χ3v) is 3.41. The summed E-state index contributed by atoms with van der Waals surface area (Å²) in [4.78, 5) is 11.7. The molecule has 23 heavy (non-hydrogen) atoms. The Morgan fingerprint density at radius 2 is 1.96 bits per heavy atom. The van der Waals surface area contributed by atoms with Crippen LogP contribution in [0.25, 0.3) is 0 Å². The van der Waals surface area contributed by atoms with Gasteiger partial charge in [-0.1, -0.05) is 22.0 Å². The van der Waals surface area contributed by atoms with Crippen LogP contribution in [0.4, 0.5) is 4.39 Å². The van der Waals surface area contributed by atoms with Crippen LogP contribution < -0.4 is 10.2 Å². The summed E-state index contributed by atoms with van der Waals surface area (Å²) < 4.78 is 19.6. The van der Waals surface area contributed by atoms with Gasteiger partial charge >= 0.3 is 0 Å². The van der Waals surface area contributed by atoms with E-state index in [1.807, 2.05) is 32.0 Å². The normalized spacial score (nSPS) is 10.8. The van der Waals surface area contributed by atoms with Crippen molar-refractivity contribution in [3.63, 3.8) is 0 Å². The van der Waals surface area contributed by atoms with E-state index in [9.17, 15) is 9.18 Å². The minimum atomic E-state index is -0.421. The fourth-order valence-electron chi connectivity index (χ4n) is 1.98. The smallest absolute Gasteiger partial charge is 0.277 e. The number of nitrogens with one attached hydrogen (secondary N) is 1. The molecular weight excluding hydrogens is 363 g/mol. The highest BCUT2D eigenvalue weighted by atomic mass is 79.9. The second kappa shape index (κ2) is 7.87. The summed E-state index contributed by atoms with van der Waals surface area (Å²) in [5.74, 6) is -0.215. The molecule has 0 unspecified atom stereocenters. The zero-order chi connectivity index (χ0) is 16.8. The van der Waals surface area contributed by atoms with Crippen LogP contribution in [0.15, 0.2) is 46.0 Å². The average Bonchev–Trinajstić information content (AvgIpc) is 2.48. The summed E-state index contributed by atoms with van der Waals surface area (Å²) in [5, 5.41) is 3.73. The lowest BCUT2D eigenvalue weighted by molar-refractivity contribution is -0.123. The highest BCUT2D eigenvalue weighted by Crippen LogP contribution is 2.16. The number of hydrazone groups is 1. The van der Waals surface area contributed by atoms with E-state index in [2.05, 4.69) is 26.5 Å². The molecule has 0 aromatic heterocycles. The second-order valence-corrected chi connectivity index (χ2v) is 5.99. The Hall–Kier alpha value is -2.21. The molecule has 0 bridgehead atoms. The van der Waals surface area contributed by atoms with Crippen LogP contribution in [0.5, 0.6) is 5.75 Å². The number of ether oxygens (including phenoxy) is 1. The largest absolute Gasteiger partial charge is 0.484 e. The average molecular weight is 379 g/mol. The number of carbonyl (C=O) groups is 1. The van der Waals surface area contributed by atoms with Crippen molar-refractivity contribution in [2.24, 2.45) is 5.10 Å². The number of amides is 1. The van der Waals surface area contributed by atoms with Crippen LogP contribution >= 0.6 is 15.9 Å². The number of rotatable bonds is 5. The molecule has 2 aromatic carbocycles. The molecule has 2 aromatic rings. The third-order valence-electron chi connectivity index (χ3n) is 2.92. The summed E-state index contributed by atoms with van der Waals surface area (Å²) >= 11 is 3.24. The predicted molar refractivity (Wildman–Crippen MR) is 91.2 cm³/mol. The molecule has 1 amide bonds. The lowest BCUT2D eigenvalue weighted by Gasteiger charge is -2.07. The van der Waals surface area contributed by atoms with Crippen LogP contribution in [-0.2, 0) is 4.79 Å². The van der Waals surface area contributed by atoms with E-state index in [4.69, 9.17) is 4.74 Å². The van der Waals surface area contributed by atoms with Gasteiger partial charge in [-0.2, -0.15) is 5.10 Å². The van der Waals surface area contributed by atoms with Crippen molar-refractivity contribution in [3.05, 3.63) is 63.4 Å². The van der Waals surface area contributed by atoms with Crippen molar-refractivity contribution in [2.45, 2.75) is 13.8 Å². The van der Waals surface area contributed by atoms with E-state index in [0.29, 0.717) is 5.75 Å². The number of hydrogen-bond acceptors (Lipinski definition) is 3. The molecule has 0 saturated carbocycles. The fraction of sp³-hybridized carbons (Fsp3) is 0.176. The van der Waals surface area contributed by atoms with Gasteiger partial charge in [-0.15, -0.1) is 0 Å². The van der Waals surface area contributed by atoms with Crippen molar-refractivity contribution >= 4 is 28.1 Å². The van der Waals surface area contributed by atoms with Gasteiger partial charge in [0, 0.05) is 10.0 Å². The van der Waals surface area contributed by atoms with Crippen LogP contribution in [-0.4, -0.2) is 18.7 Å². The summed E-state index contributed by atoms with van der Waals surface area (Å²) in [5.41, 5.74) is 4.69. The molecule has 6 heteroatoms. The number of aryl methyl sites for hydroxylation is 2. The number of hydrogen-bond donors (Lipinski definition) is 1. The van der Waals surface area contributed by atoms with Crippen LogP contribution in [0, 0.1) is 19.7 Å². The van der Waals surface area contributed by atoms with Gasteiger partial charge in [0.1, 0.15) is 11.6 Å². The van der Waals surface area contributed by atoms with Gasteiger partial charge in [-0.25, -0.2) is 9.82 Å². The van der Waals surface area contributed by atoms with E-state index in [1.165, 1.54) is 12.3 Å². The standard InChI is InChI=1S/C17H16BrFN2O2/c1-11-5-12(2)7-15(6-11)23-10-17(22)21-20-9-13-8-14(18)3-4-16(13)19/h3-9H,10H2,1-2H3,(H,21,22)/b20-9-. The molecule has 120 valence electrons. The molecule has 0 aliphatic heterocycles. The fourth-order valence-corrected chi connectivity index (χ4v) is 2.36. The Balaban J connectivity index is 1.87. The molecule has 0 heterocycles. The quantitative estimate of drug-likeness (QED) is 0.636. The van der Waals surface area contributed by atoms with Gasteiger partial charge in [-0.3, -0.25) is 4.79 Å². The third kappa shape index (κ3) is 5.49. The zero-order valence-corrected chi connectivity index (χ0v) is 14.4. The molecule has 1 N–H and O–H groups in total. The Labute approximate surface area is 142 Å². The summed E-state index contributed by atoms with van der Waals surface area (Å²) in [7, 11) is 0. The van der Waals surface area contributed by atoms with Gasteiger partial charge in [0.25, 0.3) is 5.91 Å². The number of nitrogens with zero attached hydrogens (tertiary/aromatic N) is 1. The van der Waals surface area contributed by atoms with E-state index in [0.717, 1.165) is 15.6 Å². The first-order valence-electron chi connectivity index (χ1n) is 6.92. The van der Waals surface area contributed by atoms with Crippen molar-refractivity contribution in [1.29, 1.82) is 0 Å². The van der Waals surface area contributed by atoms with Crippen molar-refractivity contribution in [3.8, 4) is 5.75 Å². The summed E-state index contributed by atoms with van der Waals surface area (Å²) in [6.45, 7) is 3.74. The molecular formula is C17H16BrFN2O2. The van der Waals surface area contributed by atoms with Gasteiger partial charge < -0.3 is 4.74 Å². The second-order valence-electron chi connectivity index (χ2n) is 5.07. The SMILES string of the molecule is Cc1cc(C)cc(OCC(=O)N/N=C\c2cc(Br)ccc2F)c1. The lowest BCUT2D eigenvalue weighted by atomic mass is 10.1. The zero-order valence-electron chi connectivity index (χ0n) is 12.8. The minimum absolute atomic E-state index is 0.165. The topological polar surface area (TPSA) is 50.7 Å². The van der Waals surface area contributed by atoms with Crippen molar-refractivity contribution in [2.75, 3.05) is 6.61 Å². The minimum Gasteiger partial charge on any atom is -0.484 e. The van der Waals surface area contributed by atoms with Gasteiger partial charge in [-0.05, 0) is 55.3 Å². The van der Waals surface area contributed by atoms with Crippen LogP contribution in [0.3, 0.4) is 0 Å². The molecule has 0 spiro atoms. The van der Waals surface area contributed by atoms with E-state index in [1.54, 1.807) is 12.1 Å². The number of benzene rings is 2. The Morgan fingerprint density at radius 3 is 2.65 bits per heavy atom. The van der Waals surface area contributed by atoms with Crippen molar-refractivity contribution < 1.29 is 13.9 Å². The van der Waals surface area contributed by atoms with E-state index in [-0.39, 0.29) is 12.2 Å². The Kier molecular flexibility index (Phi) is 5.87. The molecule has 2 rings (SSSR count). The maximum atomic E-state index is 13.5. The summed E-state index contributed by atoms with van der Waals surface area (Å²) in [6.07, 6.45) is 1.24. The van der Waals surface area contributed by atoms with Crippen LogP contribution in [0.1, 0.15) is 16.7 Å². The molecule has 0 fully saturated rings. The maximum Gasteiger partial charge on any atom is 0.277 e. The Morgan fingerprint density at radius 1 is 1.26 bits per heavy atom. The maximum absolute atomic E-state index is 13.5. The predicted octanol–water partition coefficient (Wildman–Crippen LogP) is 3.73. The molecule has 0 aliphatic rings.